The van der Waals surface area contributed by atoms with Crippen LogP contribution in [0.3, 0.4) is 0 Å². The van der Waals surface area contributed by atoms with E-state index in [4.69, 9.17) is 8.37 Å². The number of rotatable bonds is 19. The first-order chi connectivity index (χ1) is 13.2. The molecule has 0 spiro atoms. The van der Waals surface area contributed by atoms with Crippen molar-refractivity contribution in [2.75, 3.05) is 13.2 Å². The maximum atomic E-state index is 12.1. The maximum Gasteiger partial charge on any atom is 0.269 e. The van der Waals surface area contributed by atoms with E-state index in [9.17, 15) is 16.8 Å². The second-order valence-corrected chi connectivity index (χ2v) is 11.7. The van der Waals surface area contributed by atoms with Gasteiger partial charge < -0.3 is 0 Å². The fourth-order valence-corrected chi connectivity index (χ4v) is 4.87. The molecule has 0 aliphatic carbocycles. The number of hydrogen-bond donors (Lipinski definition) is 0. The first-order valence-electron chi connectivity index (χ1n) is 10.9. The quantitative estimate of drug-likeness (QED) is 0.202. The fourth-order valence-electron chi connectivity index (χ4n) is 2.79. The molecule has 0 amide bonds. The second-order valence-electron chi connectivity index (χ2n) is 7.66. The monoisotopic (exact) mass is 442 g/mol. The van der Waals surface area contributed by atoms with Crippen molar-refractivity contribution in [1.29, 1.82) is 0 Å². The van der Waals surface area contributed by atoms with Gasteiger partial charge in [0.05, 0.1) is 23.7 Å². The minimum Gasteiger partial charge on any atom is -0.270 e. The summed E-state index contributed by atoms with van der Waals surface area (Å²) < 4.78 is 58.4. The van der Waals surface area contributed by atoms with Gasteiger partial charge in [0, 0.05) is 0 Å². The summed E-state index contributed by atoms with van der Waals surface area (Å²) in [7, 11) is -7.10. The summed E-state index contributed by atoms with van der Waals surface area (Å²) in [5, 5.41) is -1.01. The Labute approximate surface area is 174 Å². The van der Waals surface area contributed by atoms with Crippen LogP contribution in [0, 0.1) is 0 Å². The number of hydrogen-bond acceptors (Lipinski definition) is 6. The van der Waals surface area contributed by atoms with Gasteiger partial charge in [-0.1, -0.05) is 65.2 Å². The normalized spacial score (nSPS) is 14.9. The molecule has 0 unspecified atom stereocenters. The molecule has 0 aromatic carbocycles. The highest BCUT2D eigenvalue weighted by atomic mass is 32.2. The molecule has 0 aromatic rings. The summed E-state index contributed by atoms with van der Waals surface area (Å²) in [6.45, 7) is 7.73. The zero-order valence-electron chi connectivity index (χ0n) is 18.3. The third kappa shape index (κ3) is 13.1. The molecule has 6 nitrogen and oxygen atoms in total. The SMILES string of the molecule is CCCCCC[C@@H](C)S(=O)(=O)OCCCCOS(=O)(=O)[C@@H](C)CCCCCC. The van der Waals surface area contributed by atoms with Gasteiger partial charge >= 0.3 is 0 Å². The second kappa shape index (κ2) is 15.6. The Morgan fingerprint density at radius 2 is 0.929 bits per heavy atom. The van der Waals surface area contributed by atoms with Crippen molar-refractivity contribution in [3.05, 3.63) is 0 Å². The van der Waals surface area contributed by atoms with Crippen LogP contribution in [0.25, 0.3) is 0 Å². The average Bonchev–Trinajstić information content (AvgIpc) is 2.64. The molecule has 0 N–H and O–H groups in total. The van der Waals surface area contributed by atoms with E-state index in [2.05, 4.69) is 13.8 Å². The lowest BCUT2D eigenvalue weighted by Crippen LogP contribution is -2.22. The van der Waals surface area contributed by atoms with E-state index in [-0.39, 0.29) is 13.2 Å². The Hall–Kier alpha value is -0.180. The van der Waals surface area contributed by atoms with E-state index in [0.29, 0.717) is 25.7 Å². The minimum atomic E-state index is -3.55. The molecule has 2 atom stereocenters. The highest BCUT2D eigenvalue weighted by Crippen LogP contribution is 2.15. The Morgan fingerprint density at radius 3 is 1.25 bits per heavy atom. The van der Waals surface area contributed by atoms with Gasteiger partial charge in [0.1, 0.15) is 0 Å². The molecule has 0 bridgehead atoms. The summed E-state index contributed by atoms with van der Waals surface area (Å²) >= 11 is 0. The van der Waals surface area contributed by atoms with Gasteiger partial charge in [-0.05, 0) is 39.5 Å². The van der Waals surface area contributed by atoms with E-state index in [1.54, 1.807) is 13.8 Å². The van der Waals surface area contributed by atoms with Crippen LogP contribution in [0.15, 0.2) is 0 Å². The Balaban J connectivity index is 3.96. The highest BCUT2D eigenvalue weighted by molar-refractivity contribution is 7.87. The fraction of sp³-hybridized carbons (Fsp3) is 1.00. The van der Waals surface area contributed by atoms with Gasteiger partial charge in [-0.3, -0.25) is 8.37 Å². The molecule has 8 heteroatoms. The van der Waals surface area contributed by atoms with E-state index < -0.39 is 30.7 Å². The summed E-state index contributed by atoms with van der Waals surface area (Å²) in [6, 6.07) is 0. The molecule has 0 aromatic heterocycles. The lowest BCUT2D eigenvalue weighted by atomic mass is 10.1. The van der Waals surface area contributed by atoms with Crippen molar-refractivity contribution < 1.29 is 25.2 Å². The molecular formula is C20H42O6S2. The molecule has 0 fully saturated rings. The number of unbranched alkanes of at least 4 members (excludes halogenated alkanes) is 7. The van der Waals surface area contributed by atoms with E-state index in [0.717, 1.165) is 51.4 Å². The predicted octanol–water partition coefficient (Wildman–Crippen LogP) is 5.18. The highest BCUT2D eigenvalue weighted by Gasteiger charge is 2.22. The summed E-state index contributed by atoms with van der Waals surface area (Å²) in [5.74, 6) is 0. The molecule has 0 heterocycles. The van der Waals surface area contributed by atoms with Gasteiger partial charge in [-0.25, -0.2) is 0 Å². The van der Waals surface area contributed by atoms with Gasteiger partial charge in [-0.15, -0.1) is 0 Å². The van der Waals surface area contributed by atoms with Gasteiger partial charge in [-0.2, -0.15) is 16.8 Å². The molecular weight excluding hydrogens is 400 g/mol. The third-order valence-corrected chi connectivity index (χ3v) is 8.38. The van der Waals surface area contributed by atoms with Gasteiger partial charge in [0.15, 0.2) is 0 Å². The molecule has 0 aliphatic heterocycles. The average molecular weight is 443 g/mol. The van der Waals surface area contributed by atoms with Gasteiger partial charge in [0.25, 0.3) is 20.2 Å². The van der Waals surface area contributed by atoms with Crippen LogP contribution in [0.4, 0.5) is 0 Å². The molecule has 0 rings (SSSR count). The van der Waals surface area contributed by atoms with Crippen LogP contribution in [0.5, 0.6) is 0 Å². The topological polar surface area (TPSA) is 86.7 Å². The lowest BCUT2D eigenvalue weighted by molar-refractivity contribution is 0.265. The summed E-state index contributed by atoms with van der Waals surface area (Å²) in [6.07, 6.45) is 10.4. The van der Waals surface area contributed by atoms with Crippen LogP contribution in [0.2, 0.25) is 0 Å². The van der Waals surface area contributed by atoms with Crippen LogP contribution < -0.4 is 0 Å². The van der Waals surface area contributed by atoms with Crippen molar-refractivity contribution in [2.24, 2.45) is 0 Å². The standard InChI is InChI=1S/C20H42O6S2/c1-5-7-9-11-15-19(3)27(21,22)25-17-13-14-18-26-28(23,24)20(4)16-12-10-8-6-2/h19-20H,5-18H2,1-4H3/t19-,20+. The van der Waals surface area contributed by atoms with E-state index >= 15 is 0 Å². The molecule has 0 radical (unpaired) electrons. The van der Waals surface area contributed by atoms with Crippen molar-refractivity contribution in [3.8, 4) is 0 Å². The maximum absolute atomic E-state index is 12.1. The molecule has 0 aliphatic rings. The first-order valence-corrected chi connectivity index (χ1v) is 13.9. The zero-order chi connectivity index (χ0) is 21.5. The van der Waals surface area contributed by atoms with Crippen LogP contribution >= 0.6 is 0 Å². The van der Waals surface area contributed by atoms with E-state index in [1.165, 1.54) is 0 Å². The molecule has 0 saturated carbocycles. The Morgan fingerprint density at radius 1 is 0.571 bits per heavy atom. The zero-order valence-corrected chi connectivity index (χ0v) is 20.0. The molecule has 0 saturated heterocycles. The van der Waals surface area contributed by atoms with Crippen molar-refractivity contribution in [2.45, 2.75) is 115 Å². The largest absolute Gasteiger partial charge is 0.270 e. The minimum absolute atomic E-state index is 0.0671. The molecule has 170 valence electrons. The molecule has 28 heavy (non-hydrogen) atoms. The van der Waals surface area contributed by atoms with Crippen molar-refractivity contribution >= 4 is 20.2 Å². The predicted molar refractivity (Wildman–Crippen MR) is 115 cm³/mol. The Bertz CT molecular complexity index is 520. The van der Waals surface area contributed by atoms with Crippen LogP contribution in [-0.4, -0.2) is 40.5 Å². The van der Waals surface area contributed by atoms with Crippen molar-refractivity contribution in [3.63, 3.8) is 0 Å². The van der Waals surface area contributed by atoms with Crippen LogP contribution in [0.1, 0.15) is 105 Å². The van der Waals surface area contributed by atoms with Gasteiger partial charge in [0.2, 0.25) is 0 Å². The van der Waals surface area contributed by atoms with E-state index in [1.807, 2.05) is 0 Å². The summed E-state index contributed by atoms with van der Waals surface area (Å²) in [4.78, 5) is 0. The smallest absolute Gasteiger partial charge is 0.269 e. The lowest BCUT2D eigenvalue weighted by Gasteiger charge is -2.14. The Kier molecular flexibility index (Phi) is 15.5. The van der Waals surface area contributed by atoms with Crippen LogP contribution in [-0.2, 0) is 28.6 Å². The third-order valence-electron chi connectivity index (χ3n) is 4.95. The van der Waals surface area contributed by atoms with Crippen molar-refractivity contribution in [1.82, 2.24) is 0 Å². The summed E-state index contributed by atoms with van der Waals surface area (Å²) in [5.41, 5.74) is 0. The first kappa shape index (κ1) is 27.8.